The maximum atomic E-state index is 9.93. The van der Waals surface area contributed by atoms with Gasteiger partial charge in [-0.25, -0.2) is 5.01 Å². The van der Waals surface area contributed by atoms with Crippen LogP contribution in [-0.2, 0) is 4.74 Å². The van der Waals surface area contributed by atoms with Gasteiger partial charge < -0.3 is 9.84 Å². The lowest BCUT2D eigenvalue weighted by Crippen LogP contribution is -2.47. The predicted octanol–water partition coefficient (Wildman–Crippen LogP) is 0.557. The van der Waals surface area contributed by atoms with Crippen LogP contribution in [0.1, 0.15) is 11.7 Å². The van der Waals surface area contributed by atoms with Crippen molar-refractivity contribution in [3.05, 3.63) is 35.9 Å². The normalized spacial score (nSPS) is 19.6. The topological polar surface area (TPSA) is 44.7 Å². The summed E-state index contributed by atoms with van der Waals surface area (Å²) in [4.78, 5) is 0. The molecule has 2 rings (SSSR count). The largest absolute Gasteiger partial charge is 0.387 e. The van der Waals surface area contributed by atoms with Crippen molar-refractivity contribution in [2.24, 2.45) is 0 Å². The summed E-state index contributed by atoms with van der Waals surface area (Å²) in [5.74, 6) is 0. The lowest BCUT2D eigenvalue weighted by molar-refractivity contribution is 0.00312. The van der Waals surface area contributed by atoms with Crippen molar-refractivity contribution >= 4 is 0 Å². The van der Waals surface area contributed by atoms with Gasteiger partial charge in [0, 0.05) is 19.6 Å². The maximum absolute atomic E-state index is 9.93. The minimum absolute atomic E-state index is 0.455. The Kier molecular flexibility index (Phi) is 4.30. The van der Waals surface area contributed by atoms with Crippen molar-refractivity contribution in [2.75, 3.05) is 32.8 Å². The van der Waals surface area contributed by atoms with Gasteiger partial charge in [0.15, 0.2) is 0 Å². The molecule has 0 radical (unpaired) electrons. The number of ether oxygens (including phenoxy) is 1. The van der Waals surface area contributed by atoms with Crippen LogP contribution in [0.25, 0.3) is 0 Å². The summed E-state index contributed by atoms with van der Waals surface area (Å²) >= 11 is 0. The number of aliphatic hydroxyl groups excluding tert-OH is 1. The summed E-state index contributed by atoms with van der Waals surface area (Å²) in [6, 6.07) is 9.70. The molecule has 1 saturated heterocycles. The van der Waals surface area contributed by atoms with Gasteiger partial charge in [-0.3, -0.25) is 5.43 Å². The summed E-state index contributed by atoms with van der Waals surface area (Å²) in [6.45, 7) is 3.82. The second-order valence-corrected chi connectivity index (χ2v) is 3.89. The number of hydrazine groups is 1. The quantitative estimate of drug-likeness (QED) is 0.781. The van der Waals surface area contributed by atoms with Crippen LogP contribution in [0.2, 0.25) is 0 Å². The van der Waals surface area contributed by atoms with E-state index in [2.05, 4.69) is 10.4 Å². The van der Waals surface area contributed by atoms with Crippen LogP contribution in [0, 0.1) is 0 Å². The number of nitrogens with one attached hydrogen (secondary N) is 1. The molecule has 1 aromatic rings. The molecule has 88 valence electrons. The summed E-state index contributed by atoms with van der Waals surface area (Å²) in [5, 5.41) is 12.0. The third-order valence-corrected chi connectivity index (χ3v) is 2.70. The zero-order valence-corrected chi connectivity index (χ0v) is 9.30. The van der Waals surface area contributed by atoms with E-state index in [1.165, 1.54) is 0 Å². The van der Waals surface area contributed by atoms with Crippen LogP contribution in [-0.4, -0.2) is 43.0 Å². The average molecular weight is 222 g/mol. The zero-order valence-electron chi connectivity index (χ0n) is 9.30. The number of nitrogens with zero attached hydrogens (tertiary/aromatic N) is 1. The highest BCUT2D eigenvalue weighted by molar-refractivity contribution is 5.17. The van der Waals surface area contributed by atoms with E-state index in [4.69, 9.17) is 4.74 Å². The van der Waals surface area contributed by atoms with E-state index < -0.39 is 6.10 Å². The molecule has 1 fully saturated rings. The molecule has 4 heteroatoms. The smallest absolute Gasteiger partial charge is 0.0928 e. The van der Waals surface area contributed by atoms with E-state index in [9.17, 15) is 5.11 Å². The molecule has 2 N–H and O–H groups in total. The van der Waals surface area contributed by atoms with Crippen LogP contribution in [0.15, 0.2) is 30.3 Å². The fourth-order valence-electron chi connectivity index (χ4n) is 1.73. The number of hydrogen-bond acceptors (Lipinski definition) is 4. The average Bonchev–Trinajstić information content (AvgIpc) is 2.38. The standard InChI is InChI=1S/C12H18N2O2/c15-12(11-4-2-1-3-5-11)10-13-14-6-8-16-9-7-14/h1-5,12-13,15H,6-10H2. The molecular weight excluding hydrogens is 204 g/mol. The molecule has 4 nitrogen and oxygen atoms in total. The van der Waals surface area contributed by atoms with Crippen LogP contribution in [0.4, 0.5) is 0 Å². The van der Waals surface area contributed by atoms with E-state index in [-0.39, 0.29) is 0 Å². The minimum Gasteiger partial charge on any atom is -0.387 e. The zero-order chi connectivity index (χ0) is 11.2. The van der Waals surface area contributed by atoms with Gasteiger partial charge in [-0.05, 0) is 5.56 Å². The van der Waals surface area contributed by atoms with Crippen molar-refractivity contribution in [3.63, 3.8) is 0 Å². The third kappa shape index (κ3) is 3.28. The third-order valence-electron chi connectivity index (χ3n) is 2.70. The summed E-state index contributed by atoms with van der Waals surface area (Å²) in [5.41, 5.74) is 4.17. The van der Waals surface area contributed by atoms with Crippen molar-refractivity contribution in [1.82, 2.24) is 10.4 Å². The van der Waals surface area contributed by atoms with Gasteiger partial charge in [0.05, 0.1) is 19.3 Å². The monoisotopic (exact) mass is 222 g/mol. The Balaban J connectivity index is 1.77. The van der Waals surface area contributed by atoms with Crippen LogP contribution >= 0.6 is 0 Å². The number of aliphatic hydroxyl groups is 1. The summed E-state index contributed by atoms with van der Waals surface area (Å²) < 4.78 is 5.25. The molecule has 1 aliphatic rings. The Labute approximate surface area is 95.8 Å². The molecule has 0 aromatic heterocycles. The fraction of sp³-hybridized carbons (Fsp3) is 0.500. The van der Waals surface area contributed by atoms with Crippen LogP contribution in [0.3, 0.4) is 0 Å². The van der Waals surface area contributed by atoms with Gasteiger partial charge in [-0.15, -0.1) is 0 Å². The first-order chi connectivity index (χ1) is 7.86. The first-order valence-electron chi connectivity index (χ1n) is 5.65. The van der Waals surface area contributed by atoms with Gasteiger partial charge in [-0.2, -0.15) is 0 Å². The van der Waals surface area contributed by atoms with Crippen molar-refractivity contribution in [3.8, 4) is 0 Å². The fourth-order valence-corrected chi connectivity index (χ4v) is 1.73. The highest BCUT2D eigenvalue weighted by Gasteiger charge is 2.12. The number of rotatable bonds is 4. The Morgan fingerprint density at radius 2 is 1.94 bits per heavy atom. The van der Waals surface area contributed by atoms with Gasteiger partial charge in [0.2, 0.25) is 0 Å². The second kappa shape index (κ2) is 5.96. The van der Waals surface area contributed by atoms with E-state index >= 15 is 0 Å². The van der Waals surface area contributed by atoms with E-state index in [1.54, 1.807) is 0 Å². The summed E-state index contributed by atoms with van der Waals surface area (Å²) in [7, 11) is 0. The van der Waals surface area contributed by atoms with Crippen LogP contribution in [0.5, 0.6) is 0 Å². The van der Waals surface area contributed by atoms with E-state index in [0.717, 1.165) is 31.9 Å². The molecule has 1 atom stereocenters. The molecule has 0 amide bonds. The molecule has 0 aliphatic carbocycles. The highest BCUT2D eigenvalue weighted by atomic mass is 16.5. The first kappa shape index (κ1) is 11.5. The van der Waals surface area contributed by atoms with E-state index in [1.807, 2.05) is 30.3 Å². The van der Waals surface area contributed by atoms with Crippen LogP contribution < -0.4 is 5.43 Å². The van der Waals surface area contributed by atoms with Crippen molar-refractivity contribution < 1.29 is 9.84 Å². The van der Waals surface area contributed by atoms with E-state index in [0.29, 0.717) is 6.54 Å². The Bertz CT molecular complexity index is 299. The number of morpholine rings is 1. The van der Waals surface area contributed by atoms with Crippen molar-refractivity contribution in [2.45, 2.75) is 6.10 Å². The summed E-state index contributed by atoms with van der Waals surface area (Å²) in [6.07, 6.45) is -0.455. The Hall–Kier alpha value is -0.940. The second-order valence-electron chi connectivity index (χ2n) is 3.89. The highest BCUT2D eigenvalue weighted by Crippen LogP contribution is 2.10. The molecule has 16 heavy (non-hydrogen) atoms. The molecular formula is C12H18N2O2. The van der Waals surface area contributed by atoms with Gasteiger partial charge in [-0.1, -0.05) is 30.3 Å². The number of benzene rings is 1. The lowest BCUT2D eigenvalue weighted by atomic mass is 10.1. The first-order valence-corrected chi connectivity index (χ1v) is 5.65. The lowest BCUT2D eigenvalue weighted by Gasteiger charge is -2.28. The molecule has 1 aromatic carbocycles. The molecule has 1 heterocycles. The minimum atomic E-state index is -0.455. The van der Waals surface area contributed by atoms with Gasteiger partial charge >= 0.3 is 0 Å². The Morgan fingerprint density at radius 3 is 2.62 bits per heavy atom. The SMILES string of the molecule is OC(CNN1CCOCC1)c1ccccc1. The molecule has 0 spiro atoms. The number of hydrogen-bond donors (Lipinski definition) is 2. The van der Waals surface area contributed by atoms with Gasteiger partial charge in [0.25, 0.3) is 0 Å². The predicted molar refractivity (Wildman–Crippen MR) is 61.8 cm³/mol. The van der Waals surface area contributed by atoms with Gasteiger partial charge in [0.1, 0.15) is 0 Å². The van der Waals surface area contributed by atoms with Crippen molar-refractivity contribution in [1.29, 1.82) is 0 Å². The Morgan fingerprint density at radius 1 is 1.25 bits per heavy atom. The molecule has 1 aliphatic heterocycles. The molecule has 0 bridgehead atoms. The maximum Gasteiger partial charge on any atom is 0.0928 e. The molecule has 1 unspecified atom stereocenters. The molecule has 0 saturated carbocycles.